The quantitative estimate of drug-likeness (QED) is 0.832. The molecule has 2 heterocycles. The average Bonchev–Trinajstić information content (AvgIpc) is 2.97. The van der Waals surface area contributed by atoms with Gasteiger partial charge in [-0.25, -0.2) is 4.98 Å². The van der Waals surface area contributed by atoms with Crippen molar-refractivity contribution in [1.29, 1.82) is 0 Å². The van der Waals surface area contributed by atoms with Crippen molar-refractivity contribution in [2.45, 2.75) is 57.4 Å². The number of oxazole rings is 1. The molecule has 0 spiro atoms. The lowest BCUT2D eigenvalue weighted by Gasteiger charge is -2.06. The standard InChI is InChI=1S/C13H20N2O/c1-9-12(11-7-4-8-14-11)15-13(16-9)10-5-2-3-6-10/h10-11,14H,2-8H2,1H3. The first kappa shape index (κ1) is 10.3. The lowest BCUT2D eigenvalue weighted by atomic mass is 10.1. The van der Waals surface area contributed by atoms with Gasteiger partial charge in [0.25, 0.3) is 0 Å². The third kappa shape index (κ3) is 1.77. The summed E-state index contributed by atoms with van der Waals surface area (Å²) in [5.74, 6) is 2.62. The molecule has 1 atom stereocenters. The van der Waals surface area contributed by atoms with E-state index in [0.717, 1.165) is 18.2 Å². The first-order chi connectivity index (χ1) is 7.84. The van der Waals surface area contributed by atoms with Gasteiger partial charge in [0.2, 0.25) is 0 Å². The van der Waals surface area contributed by atoms with Gasteiger partial charge >= 0.3 is 0 Å². The van der Waals surface area contributed by atoms with Gasteiger partial charge in [0.1, 0.15) is 5.76 Å². The van der Waals surface area contributed by atoms with Crippen LogP contribution in [0.25, 0.3) is 0 Å². The van der Waals surface area contributed by atoms with Crippen LogP contribution in [-0.2, 0) is 0 Å². The van der Waals surface area contributed by atoms with Crippen LogP contribution in [-0.4, -0.2) is 11.5 Å². The predicted molar refractivity (Wildman–Crippen MR) is 62.4 cm³/mol. The van der Waals surface area contributed by atoms with E-state index < -0.39 is 0 Å². The lowest BCUT2D eigenvalue weighted by Crippen LogP contribution is -2.14. The molecule has 1 aliphatic heterocycles. The Bertz CT molecular complexity index is 360. The van der Waals surface area contributed by atoms with Crippen LogP contribution in [0.15, 0.2) is 4.42 Å². The second-order valence-corrected chi connectivity index (χ2v) is 5.12. The van der Waals surface area contributed by atoms with Crippen molar-refractivity contribution in [3.8, 4) is 0 Å². The van der Waals surface area contributed by atoms with E-state index in [2.05, 4.69) is 12.2 Å². The molecule has 1 unspecified atom stereocenters. The van der Waals surface area contributed by atoms with Gasteiger partial charge in [-0.05, 0) is 39.2 Å². The van der Waals surface area contributed by atoms with Gasteiger partial charge in [0, 0.05) is 5.92 Å². The predicted octanol–water partition coefficient (Wildman–Crippen LogP) is 3.07. The largest absolute Gasteiger partial charge is 0.445 e. The molecule has 1 saturated heterocycles. The highest BCUT2D eigenvalue weighted by molar-refractivity contribution is 5.16. The number of hydrogen-bond donors (Lipinski definition) is 1. The minimum Gasteiger partial charge on any atom is -0.445 e. The molecule has 2 fully saturated rings. The summed E-state index contributed by atoms with van der Waals surface area (Å²) in [4.78, 5) is 4.74. The fourth-order valence-corrected chi connectivity index (χ4v) is 3.02. The number of aromatic nitrogens is 1. The Kier molecular flexibility index (Phi) is 2.72. The van der Waals surface area contributed by atoms with E-state index in [9.17, 15) is 0 Å². The van der Waals surface area contributed by atoms with E-state index in [4.69, 9.17) is 9.40 Å². The molecule has 1 aromatic rings. The molecule has 88 valence electrons. The third-order valence-corrected chi connectivity index (χ3v) is 3.94. The summed E-state index contributed by atoms with van der Waals surface area (Å²) in [5.41, 5.74) is 1.17. The van der Waals surface area contributed by atoms with Gasteiger partial charge in [0.15, 0.2) is 5.89 Å². The Morgan fingerprint density at radius 3 is 2.69 bits per heavy atom. The molecule has 2 aliphatic rings. The second kappa shape index (κ2) is 4.21. The van der Waals surface area contributed by atoms with Crippen LogP contribution < -0.4 is 5.32 Å². The maximum Gasteiger partial charge on any atom is 0.197 e. The molecule has 3 heteroatoms. The normalized spacial score (nSPS) is 26.7. The molecule has 3 rings (SSSR count). The molecular formula is C13H20N2O. The Balaban J connectivity index is 1.83. The molecule has 1 aliphatic carbocycles. The summed E-state index contributed by atoms with van der Waals surface area (Å²) in [6.45, 7) is 3.18. The zero-order valence-corrected chi connectivity index (χ0v) is 9.96. The molecule has 3 nitrogen and oxygen atoms in total. The second-order valence-electron chi connectivity index (χ2n) is 5.12. The number of aryl methyl sites for hydroxylation is 1. The zero-order chi connectivity index (χ0) is 11.0. The van der Waals surface area contributed by atoms with Crippen molar-refractivity contribution in [2.24, 2.45) is 0 Å². The summed E-state index contributed by atoms with van der Waals surface area (Å²) in [6.07, 6.45) is 7.66. The monoisotopic (exact) mass is 220 g/mol. The van der Waals surface area contributed by atoms with E-state index in [0.29, 0.717) is 12.0 Å². The summed E-state index contributed by atoms with van der Waals surface area (Å²) in [5, 5.41) is 3.50. The van der Waals surface area contributed by atoms with E-state index in [1.165, 1.54) is 44.2 Å². The molecule has 16 heavy (non-hydrogen) atoms. The van der Waals surface area contributed by atoms with Crippen molar-refractivity contribution in [3.63, 3.8) is 0 Å². The van der Waals surface area contributed by atoms with E-state index in [1.54, 1.807) is 0 Å². The van der Waals surface area contributed by atoms with Crippen LogP contribution in [0.5, 0.6) is 0 Å². The minimum atomic E-state index is 0.443. The van der Waals surface area contributed by atoms with Gasteiger partial charge in [-0.2, -0.15) is 0 Å². The van der Waals surface area contributed by atoms with E-state index in [-0.39, 0.29) is 0 Å². The summed E-state index contributed by atoms with van der Waals surface area (Å²) in [7, 11) is 0. The van der Waals surface area contributed by atoms with Crippen molar-refractivity contribution >= 4 is 0 Å². The Morgan fingerprint density at radius 2 is 2.00 bits per heavy atom. The van der Waals surface area contributed by atoms with E-state index in [1.807, 2.05) is 0 Å². The van der Waals surface area contributed by atoms with Crippen LogP contribution in [0.2, 0.25) is 0 Å². The number of hydrogen-bond acceptors (Lipinski definition) is 3. The van der Waals surface area contributed by atoms with Crippen LogP contribution in [0.4, 0.5) is 0 Å². The average molecular weight is 220 g/mol. The molecular weight excluding hydrogens is 200 g/mol. The van der Waals surface area contributed by atoms with Crippen LogP contribution in [0.1, 0.15) is 67.8 Å². The maximum absolute atomic E-state index is 5.86. The van der Waals surface area contributed by atoms with Gasteiger partial charge < -0.3 is 9.73 Å². The highest BCUT2D eigenvalue weighted by atomic mass is 16.4. The number of nitrogens with zero attached hydrogens (tertiary/aromatic N) is 1. The highest BCUT2D eigenvalue weighted by Crippen LogP contribution is 2.36. The number of rotatable bonds is 2. The van der Waals surface area contributed by atoms with Gasteiger partial charge in [-0.1, -0.05) is 12.8 Å². The molecule has 1 saturated carbocycles. The smallest absolute Gasteiger partial charge is 0.197 e. The molecule has 0 radical (unpaired) electrons. The minimum absolute atomic E-state index is 0.443. The summed E-state index contributed by atoms with van der Waals surface area (Å²) >= 11 is 0. The Labute approximate surface area is 96.6 Å². The topological polar surface area (TPSA) is 38.1 Å². The van der Waals surface area contributed by atoms with Gasteiger partial charge in [-0.3, -0.25) is 0 Å². The van der Waals surface area contributed by atoms with Crippen LogP contribution >= 0.6 is 0 Å². The molecule has 1 aromatic heterocycles. The number of nitrogens with one attached hydrogen (secondary N) is 1. The fourth-order valence-electron chi connectivity index (χ4n) is 3.02. The first-order valence-corrected chi connectivity index (χ1v) is 6.55. The first-order valence-electron chi connectivity index (χ1n) is 6.55. The highest BCUT2D eigenvalue weighted by Gasteiger charge is 2.27. The van der Waals surface area contributed by atoms with Crippen molar-refractivity contribution < 1.29 is 4.42 Å². The van der Waals surface area contributed by atoms with Crippen molar-refractivity contribution in [3.05, 3.63) is 17.3 Å². The van der Waals surface area contributed by atoms with Crippen LogP contribution in [0, 0.1) is 6.92 Å². The summed E-state index contributed by atoms with van der Waals surface area (Å²) < 4.78 is 5.86. The van der Waals surface area contributed by atoms with Gasteiger partial charge in [-0.15, -0.1) is 0 Å². The third-order valence-electron chi connectivity index (χ3n) is 3.94. The van der Waals surface area contributed by atoms with Crippen molar-refractivity contribution in [1.82, 2.24) is 10.3 Å². The molecule has 0 aromatic carbocycles. The maximum atomic E-state index is 5.86. The zero-order valence-electron chi connectivity index (χ0n) is 9.96. The molecule has 1 N–H and O–H groups in total. The SMILES string of the molecule is Cc1oc(C2CCCC2)nc1C1CCCN1. The van der Waals surface area contributed by atoms with Gasteiger partial charge in [0.05, 0.1) is 11.7 Å². The lowest BCUT2D eigenvalue weighted by molar-refractivity contribution is 0.430. The summed E-state index contributed by atoms with van der Waals surface area (Å²) in [6, 6.07) is 0.443. The van der Waals surface area contributed by atoms with Crippen molar-refractivity contribution in [2.75, 3.05) is 6.54 Å². The fraction of sp³-hybridized carbons (Fsp3) is 0.769. The molecule has 0 bridgehead atoms. The molecule has 0 amide bonds. The Hall–Kier alpha value is -0.830. The van der Waals surface area contributed by atoms with E-state index >= 15 is 0 Å². The Morgan fingerprint density at radius 1 is 1.19 bits per heavy atom. The van der Waals surface area contributed by atoms with Crippen LogP contribution in [0.3, 0.4) is 0 Å².